The Labute approximate surface area is 137 Å². The zero-order valence-corrected chi connectivity index (χ0v) is 14.1. The van der Waals surface area contributed by atoms with Gasteiger partial charge in [0, 0.05) is 16.6 Å². The first kappa shape index (κ1) is 17.2. The highest BCUT2D eigenvalue weighted by atomic mass is 32.2. The Kier molecular flexibility index (Phi) is 5.17. The summed E-state index contributed by atoms with van der Waals surface area (Å²) in [5.41, 5.74) is 1.14. The number of hydrogen-bond acceptors (Lipinski definition) is 4. The summed E-state index contributed by atoms with van der Waals surface area (Å²) in [5, 5.41) is 4.48. The third-order valence-electron chi connectivity index (χ3n) is 2.82. The number of aryl methyl sites for hydroxylation is 1. The van der Waals surface area contributed by atoms with Gasteiger partial charge in [-0.2, -0.15) is 0 Å². The largest absolute Gasteiger partial charge is 0.322 e. The predicted octanol–water partition coefficient (Wildman–Crippen LogP) is 3.22. The van der Waals surface area contributed by atoms with E-state index in [9.17, 15) is 17.6 Å². The molecule has 2 rings (SSSR count). The van der Waals surface area contributed by atoms with Gasteiger partial charge < -0.3 is 5.32 Å². The van der Waals surface area contributed by atoms with Crippen LogP contribution in [0.1, 0.15) is 10.4 Å². The van der Waals surface area contributed by atoms with E-state index >= 15 is 0 Å². The maximum Gasteiger partial charge on any atom is 0.248 e. The van der Waals surface area contributed by atoms with E-state index in [1.54, 1.807) is 6.08 Å². The van der Waals surface area contributed by atoms with Crippen LogP contribution in [-0.2, 0) is 14.8 Å². The van der Waals surface area contributed by atoms with Gasteiger partial charge in [-0.25, -0.2) is 12.8 Å². The Hall–Kier alpha value is -2.19. The monoisotopic (exact) mass is 354 g/mol. The summed E-state index contributed by atoms with van der Waals surface area (Å²) in [6.45, 7) is 1.94. The predicted molar refractivity (Wildman–Crippen MR) is 91.6 cm³/mol. The van der Waals surface area contributed by atoms with E-state index in [0.29, 0.717) is 0 Å². The van der Waals surface area contributed by atoms with Crippen LogP contribution in [-0.4, -0.2) is 20.6 Å². The van der Waals surface area contributed by atoms with Crippen LogP contribution in [0, 0.1) is 12.7 Å². The molecular formula is C15H15FN2O3S2. The fourth-order valence-electron chi connectivity index (χ4n) is 1.77. The molecule has 0 saturated carbocycles. The lowest BCUT2D eigenvalue weighted by atomic mass is 10.2. The minimum atomic E-state index is -3.60. The average molecular weight is 354 g/mol. The van der Waals surface area contributed by atoms with E-state index < -0.39 is 21.7 Å². The average Bonchev–Trinajstić information content (AvgIpc) is 2.84. The lowest BCUT2D eigenvalue weighted by molar-refractivity contribution is -0.111. The molecule has 0 bridgehead atoms. The second kappa shape index (κ2) is 6.93. The minimum Gasteiger partial charge on any atom is -0.322 e. The van der Waals surface area contributed by atoms with E-state index in [4.69, 9.17) is 0 Å². The van der Waals surface area contributed by atoms with Crippen molar-refractivity contribution in [2.45, 2.75) is 6.92 Å². The fraction of sp³-hybridized carbons (Fsp3) is 0.133. The van der Waals surface area contributed by atoms with Gasteiger partial charge in [-0.1, -0.05) is 0 Å². The van der Waals surface area contributed by atoms with Gasteiger partial charge >= 0.3 is 0 Å². The first-order chi connectivity index (χ1) is 10.7. The van der Waals surface area contributed by atoms with Crippen LogP contribution in [0.5, 0.6) is 0 Å². The normalized spacial score (nSPS) is 11.6. The number of sulfonamides is 1. The third kappa shape index (κ3) is 5.19. The van der Waals surface area contributed by atoms with Gasteiger partial charge in [0.05, 0.1) is 11.9 Å². The van der Waals surface area contributed by atoms with Gasteiger partial charge in [0.1, 0.15) is 5.82 Å². The van der Waals surface area contributed by atoms with Crippen molar-refractivity contribution in [1.82, 2.24) is 0 Å². The molecule has 23 heavy (non-hydrogen) atoms. The molecular weight excluding hydrogens is 339 g/mol. The molecule has 0 aliphatic rings. The van der Waals surface area contributed by atoms with E-state index in [1.807, 2.05) is 18.4 Å². The van der Waals surface area contributed by atoms with Crippen molar-refractivity contribution in [2.24, 2.45) is 0 Å². The van der Waals surface area contributed by atoms with Crippen LogP contribution in [0.4, 0.5) is 15.8 Å². The Morgan fingerprint density at radius 3 is 2.65 bits per heavy atom. The minimum absolute atomic E-state index is 0.219. The van der Waals surface area contributed by atoms with Gasteiger partial charge in [-0.15, -0.1) is 11.3 Å². The summed E-state index contributed by atoms with van der Waals surface area (Å²) in [6.07, 6.45) is 3.98. The molecule has 0 unspecified atom stereocenters. The smallest absolute Gasteiger partial charge is 0.248 e. The number of benzene rings is 1. The Morgan fingerprint density at radius 2 is 2.04 bits per heavy atom. The number of amides is 1. The van der Waals surface area contributed by atoms with Gasteiger partial charge in [0.15, 0.2) is 0 Å². The molecule has 0 saturated heterocycles. The Bertz CT molecular complexity index is 857. The van der Waals surface area contributed by atoms with Crippen LogP contribution >= 0.6 is 11.3 Å². The van der Waals surface area contributed by atoms with Crippen LogP contribution in [0.3, 0.4) is 0 Å². The lowest BCUT2D eigenvalue weighted by Crippen LogP contribution is -2.12. The number of carbonyl (C=O) groups is 1. The van der Waals surface area contributed by atoms with Crippen molar-refractivity contribution < 1.29 is 17.6 Å². The van der Waals surface area contributed by atoms with Crippen LogP contribution in [0.25, 0.3) is 6.08 Å². The topological polar surface area (TPSA) is 75.3 Å². The molecule has 2 N–H and O–H groups in total. The molecule has 0 fully saturated rings. The summed E-state index contributed by atoms with van der Waals surface area (Å²) in [7, 11) is -3.60. The number of rotatable bonds is 5. The van der Waals surface area contributed by atoms with Crippen LogP contribution < -0.4 is 10.0 Å². The zero-order chi connectivity index (χ0) is 17.0. The molecule has 0 atom stereocenters. The molecule has 1 aromatic carbocycles. The molecule has 2 aromatic rings. The van der Waals surface area contributed by atoms with Gasteiger partial charge in [0.25, 0.3) is 0 Å². The maximum absolute atomic E-state index is 13.6. The zero-order valence-electron chi connectivity index (χ0n) is 12.5. The molecule has 122 valence electrons. The molecule has 0 aliphatic heterocycles. The fourth-order valence-corrected chi connectivity index (χ4v) is 3.15. The first-order valence-corrected chi connectivity index (χ1v) is 9.32. The number of thiophene rings is 1. The SMILES string of the molecule is Cc1ccsc1/C=C/C(=O)Nc1ccc(F)c(NS(C)(=O)=O)c1. The molecule has 1 amide bonds. The quantitative estimate of drug-likeness (QED) is 0.810. The molecule has 1 aromatic heterocycles. The van der Waals surface area contributed by atoms with Crippen molar-refractivity contribution in [1.29, 1.82) is 0 Å². The van der Waals surface area contributed by atoms with Crippen LogP contribution in [0.2, 0.25) is 0 Å². The highest BCUT2D eigenvalue weighted by molar-refractivity contribution is 7.92. The summed E-state index contributed by atoms with van der Waals surface area (Å²) in [5.74, 6) is -1.12. The first-order valence-electron chi connectivity index (χ1n) is 6.55. The lowest BCUT2D eigenvalue weighted by Gasteiger charge is -2.08. The molecule has 1 heterocycles. The molecule has 0 radical (unpaired) electrons. The highest BCUT2D eigenvalue weighted by Crippen LogP contribution is 2.21. The maximum atomic E-state index is 13.6. The number of nitrogens with one attached hydrogen (secondary N) is 2. The molecule has 5 nitrogen and oxygen atoms in total. The van der Waals surface area contributed by atoms with Gasteiger partial charge in [-0.3, -0.25) is 9.52 Å². The van der Waals surface area contributed by atoms with E-state index in [0.717, 1.165) is 22.8 Å². The molecule has 0 spiro atoms. The van der Waals surface area contributed by atoms with Crippen LogP contribution in [0.15, 0.2) is 35.7 Å². The third-order valence-corrected chi connectivity index (χ3v) is 4.39. The van der Waals surface area contributed by atoms with E-state index in [1.165, 1.54) is 29.5 Å². The van der Waals surface area contributed by atoms with Crippen molar-refractivity contribution >= 4 is 44.7 Å². The number of halogens is 1. The second-order valence-electron chi connectivity index (χ2n) is 4.86. The summed E-state index contributed by atoms with van der Waals surface area (Å²) in [4.78, 5) is 12.8. The van der Waals surface area contributed by atoms with Crippen molar-refractivity contribution in [3.05, 3.63) is 52.0 Å². The molecule has 0 aliphatic carbocycles. The van der Waals surface area contributed by atoms with Crippen molar-refractivity contribution in [2.75, 3.05) is 16.3 Å². The van der Waals surface area contributed by atoms with E-state index in [-0.39, 0.29) is 11.4 Å². The number of carbonyl (C=O) groups excluding carboxylic acids is 1. The van der Waals surface area contributed by atoms with Crippen molar-refractivity contribution in [3.8, 4) is 0 Å². The standard InChI is InChI=1S/C15H15FN2O3S2/c1-10-7-8-22-14(10)5-6-15(19)17-11-3-4-12(16)13(9-11)18-23(2,20)21/h3-9,18H,1-2H3,(H,17,19)/b6-5+. The summed E-state index contributed by atoms with van der Waals surface area (Å²) in [6, 6.07) is 5.60. The van der Waals surface area contributed by atoms with Crippen molar-refractivity contribution in [3.63, 3.8) is 0 Å². The van der Waals surface area contributed by atoms with Gasteiger partial charge in [0.2, 0.25) is 15.9 Å². The number of anilines is 2. The Morgan fingerprint density at radius 1 is 1.30 bits per heavy atom. The highest BCUT2D eigenvalue weighted by Gasteiger charge is 2.09. The number of hydrogen-bond donors (Lipinski definition) is 2. The second-order valence-corrected chi connectivity index (χ2v) is 7.56. The van der Waals surface area contributed by atoms with E-state index in [2.05, 4.69) is 10.0 Å². The molecule has 8 heteroatoms. The summed E-state index contributed by atoms with van der Waals surface area (Å²) >= 11 is 1.52. The Balaban J connectivity index is 2.11. The van der Waals surface area contributed by atoms with Gasteiger partial charge in [-0.05, 0) is 48.2 Å². The summed E-state index contributed by atoms with van der Waals surface area (Å²) < 4.78 is 38.0.